The molecule has 0 aromatic heterocycles. The minimum atomic E-state index is -0.466. The van der Waals surface area contributed by atoms with E-state index in [-0.39, 0.29) is 11.0 Å². The lowest BCUT2D eigenvalue weighted by Gasteiger charge is -2.10. The summed E-state index contributed by atoms with van der Waals surface area (Å²) in [5.74, 6) is -0.447. The largest absolute Gasteiger partial charge is 0.497 e. The van der Waals surface area contributed by atoms with Crippen LogP contribution in [-0.4, -0.2) is 29.9 Å². The second kappa shape index (κ2) is 12.1. The molecule has 0 saturated carbocycles. The van der Waals surface area contributed by atoms with Gasteiger partial charge in [0.25, 0.3) is 11.8 Å². The number of hydrogen-bond acceptors (Lipinski definition) is 5. The molecule has 0 fully saturated rings. The number of thiocarbonyl (C=S) groups is 1. The zero-order chi connectivity index (χ0) is 25.2. The molecule has 178 valence electrons. The van der Waals surface area contributed by atoms with E-state index in [9.17, 15) is 14.4 Å². The van der Waals surface area contributed by atoms with Crippen molar-refractivity contribution in [1.82, 2.24) is 16.2 Å². The number of methoxy groups -OCH3 is 1. The Kier molecular flexibility index (Phi) is 8.69. The third-order valence-corrected chi connectivity index (χ3v) is 4.96. The van der Waals surface area contributed by atoms with Crippen LogP contribution < -0.4 is 26.2 Å². The predicted molar refractivity (Wildman–Crippen MR) is 139 cm³/mol. The number of anilines is 1. The molecule has 0 heterocycles. The van der Waals surface area contributed by atoms with Crippen molar-refractivity contribution in [3.8, 4) is 5.75 Å². The number of hydrogen-bond donors (Lipinski definition) is 4. The van der Waals surface area contributed by atoms with Crippen LogP contribution in [0.15, 0.2) is 78.9 Å². The third kappa shape index (κ3) is 7.79. The van der Waals surface area contributed by atoms with E-state index in [1.807, 2.05) is 19.1 Å². The van der Waals surface area contributed by atoms with Crippen molar-refractivity contribution in [1.29, 1.82) is 0 Å². The first-order valence-corrected chi connectivity index (χ1v) is 11.0. The number of nitrogens with one attached hydrogen (secondary N) is 4. The Bertz CT molecular complexity index is 1260. The van der Waals surface area contributed by atoms with Gasteiger partial charge in [-0.3, -0.25) is 30.6 Å². The van der Waals surface area contributed by atoms with Crippen molar-refractivity contribution in [3.63, 3.8) is 0 Å². The van der Waals surface area contributed by atoms with Crippen LogP contribution in [0.25, 0.3) is 6.08 Å². The number of aryl methyl sites for hydroxylation is 1. The highest BCUT2D eigenvalue weighted by Crippen LogP contribution is 2.13. The monoisotopic (exact) mass is 488 g/mol. The van der Waals surface area contributed by atoms with Gasteiger partial charge in [-0.2, -0.15) is 0 Å². The molecular weight excluding hydrogens is 464 g/mol. The molecule has 3 aromatic rings. The Balaban J connectivity index is 1.45. The summed E-state index contributed by atoms with van der Waals surface area (Å²) >= 11 is 5.03. The lowest BCUT2D eigenvalue weighted by molar-refractivity contribution is -0.115. The van der Waals surface area contributed by atoms with E-state index in [0.717, 1.165) is 16.9 Å². The zero-order valence-electron chi connectivity index (χ0n) is 19.1. The van der Waals surface area contributed by atoms with Crippen LogP contribution in [-0.2, 0) is 4.79 Å². The van der Waals surface area contributed by atoms with E-state index in [2.05, 4.69) is 21.5 Å². The van der Waals surface area contributed by atoms with Crippen LogP contribution in [0.5, 0.6) is 5.75 Å². The number of rotatable bonds is 6. The summed E-state index contributed by atoms with van der Waals surface area (Å²) < 4.78 is 5.09. The standard InChI is InChI=1S/C26H24N4O4S/c1-17-4-3-5-20(16-17)24(32)27-21-11-9-19(10-12-21)25(33)29-30-26(35)28-23(31)15-8-18-6-13-22(34-2)14-7-18/h3-16H,1-2H3,(H,27,32)(H,29,33)(H2,28,30,31,35)/b15-8+. The quantitative estimate of drug-likeness (QED) is 0.240. The Morgan fingerprint density at radius 2 is 1.57 bits per heavy atom. The van der Waals surface area contributed by atoms with Gasteiger partial charge >= 0.3 is 0 Å². The molecule has 0 radical (unpaired) electrons. The lowest BCUT2D eigenvalue weighted by Crippen LogP contribution is -2.48. The fourth-order valence-corrected chi connectivity index (χ4v) is 3.10. The Labute approximate surface area is 208 Å². The fraction of sp³-hybridized carbons (Fsp3) is 0.0769. The molecule has 3 rings (SSSR count). The number of carbonyl (C=O) groups is 3. The Hall–Kier alpha value is -4.50. The number of hydrazine groups is 1. The lowest BCUT2D eigenvalue weighted by atomic mass is 10.1. The van der Waals surface area contributed by atoms with Gasteiger partial charge < -0.3 is 10.1 Å². The number of carbonyl (C=O) groups excluding carboxylic acids is 3. The molecule has 0 saturated heterocycles. The second-order valence-electron chi connectivity index (χ2n) is 7.40. The number of amides is 3. The molecule has 0 atom stereocenters. The van der Waals surface area contributed by atoms with Crippen molar-refractivity contribution in [2.75, 3.05) is 12.4 Å². The molecule has 0 aliphatic rings. The van der Waals surface area contributed by atoms with Gasteiger partial charge in [0.1, 0.15) is 5.75 Å². The fourth-order valence-electron chi connectivity index (χ4n) is 2.95. The summed E-state index contributed by atoms with van der Waals surface area (Å²) in [7, 11) is 1.58. The van der Waals surface area contributed by atoms with Crippen LogP contribution in [0.1, 0.15) is 31.8 Å². The van der Waals surface area contributed by atoms with Crippen LogP contribution in [0.3, 0.4) is 0 Å². The van der Waals surface area contributed by atoms with E-state index in [0.29, 0.717) is 16.8 Å². The van der Waals surface area contributed by atoms with Crippen LogP contribution in [0, 0.1) is 6.92 Å². The van der Waals surface area contributed by atoms with Gasteiger partial charge in [-0.05, 0) is 79.3 Å². The summed E-state index contributed by atoms with van der Waals surface area (Å²) in [6.45, 7) is 1.91. The van der Waals surface area contributed by atoms with Crippen molar-refractivity contribution in [2.24, 2.45) is 0 Å². The summed E-state index contributed by atoms with van der Waals surface area (Å²) in [5, 5.41) is 5.16. The minimum absolute atomic E-state index is 0.0650. The Morgan fingerprint density at radius 1 is 0.857 bits per heavy atom. The molecule has 3 amide bonds. The highest BCUT2D eigenvalue weighted by Gasteiger charge is 2.09. The van der Waals surface area contributed by atoms with E-state index in [1.54, 1.807) is 73.8 Å². The van der Waals surface area contributed by atoms with Gasteiger partial charge in [0.2, 0.25) is 5.91 Å². The molecule has 35 heavy (non-hydrogen) atoms. The molecular formula is C26H24N4O4S. The van der Waals surface area contributed by atoms with E-state index in [4.69, 9.17) is 17.0 Å². The normalized spacial score (nSPS) is 10.3. The summed E-state index contributed by atoms with van der Waals surface area (Å²) in [6, 6.07) is 20.8. The zero-order valence-corrected chi connectivity index (χ0v) is 19.9. The predicted octanol–water partition coefficient (Wildman–Crippen LogP) is 3.60. The van der Waals surface area contributed by atoms with E-state index in [1.165, 1.54) is 6.08 Å². The molecule has 9 heteroatoms. The molecule has 0 spiro atoms. The van der Waals surface area contributed by atoms with Crippen LogP contribution in [0.2, 0.25) is 0 Å². The first kappa shape index (κ1) is 25.1. The molecule has 0 aliphatic heterocycles. The first-order valence-electron chi connectivity index (χ1n) is 10.6. The average molecular weight is 489 g/mol. The van der Waals surface area contributed by atoms with Gasteiger partial charge in [-0.1, -0.05) is 29.8 Å². The van der Waals surface area contributed by atoms with Gasteiger partial charge in [-0.15, -0.1) is 0 Å². The molecule has 3 aromatic carbocycles. The van der Waals surface area contributed by atoms with Crippen molar-refractivity contribution < 1.29 is 19.1 Å². The van der Waals surface area contributed by atoms with Crippen molar-refractivity contribution >= 4 is 46.8 Å². The van der Waals surface area contributed by atoms with Crippen molar-refractivity contribution in [2.45, 2.75) is 6.92 Å². The third-order valence-electron chi connectivity index (χ3n) is 4.75. The smallest absolute Gasteiger partial charge is 0.269 e. The average Bonchev–Trinajstić information content (AvgIpc) is 2.86. The first-order chi connectivity index (χ1) is 16.8. The van der Waals surface area contributed by atoms with E-state index >= 15 is 0 Å². The Morgan fingerprint density at radius 3 is 2.23 bits per heavy atom. The second-order valence-corrected chi connectivity index (χ2v) is 7.81. The maximum atomic E-state index is 12.3. The van der Waals surface area contributed by atoms with E-state index < -0.39 is 11.8 Å². The van der Waals surface area contributed by atoms with Gasteiger partial charge in [0, 0.05) is 22.9 Å². The maximum Gasteiger partial charge on any atom is 0.269 e. The molecule has 0 aliphatic carbocycles. The van der Waals surface area contributed by atoms with Gasteiger partial charge in [0.15, 0.2) is 5.11 Å². The van der Waals surface area contributed by atoms with Gasteiger partial charge in [-0.25, -0.2) is 0 Å². The maximum absolute atomic E-state index is 12.3. The van der Waals surface area contributed by atoms with Crippen LogP contribution in [0.4, 0.5) is 5.69 Å². The minimum Gasteiger partial charge on any atom is -0.497 e. The topological polar surface area (TPSA) is 109 Å². The summed E-state index contributed by atoms with van der Waals surface area (Å²) in [5.41, 5.74) is 8.12. The van der Waals surface area contributed by atoms with Crippen molar-refractivity contribution in [3.05, 3.63) is 101 Å². The summed E-state index contributed by atoms with van der Waals surface area (Å²) in [6.07, 6.45) is 2.94. The highest BCUT2D eigenvalue weighted by molar-refractivity contribution is 7.80. The summed E-state index contributed by atoms with van der Waals surface area (Å²) in [4.78, 5) is 36.7. The van der Waals surface area contributed by atoms with Crippen LogP contribution >= 0.6 is 12.2 Å². The molecule has 0 bridgehead atoms. The SMILES string of the molecule is COc1ccc(/C=C/C(=O)NC(=S)NNC(=O)c2ccc(NC(=O)c3cccc(C)c3)cc2)cc1. The number of benzene rings is 3. The highest BCUT2D eigenvalue weighted by atomic mass is 32.1. The molecule has 0 unspecified atom stereocenters. The van der Waals surface area contributed by atoms with Gasteiger partial charge in [0.05, 0.1) is 7.11 Å². The number of ether oxygens (including phenoxy) is 1. The molecule has 4 N–H and O–H groups in total. The molecule has 8 nitrogen and oxygen atoms in total.